The van der Waals surface area contributed by atoms with Gasteiger partial charge in [-0.1, -0.05) is 0 Å². The molecule has 0 N–H and O–H groups in total. The molecule has 2 aromatic rings. The second kappa shape index (κ2) is 8.49. The van der Waals surface area contributed by atoms with Crippen molar-refractivity contribution in [2.24, 2.45) is 5.92 Å². The van der Waals surface area contributed by atoms with E-state index in [0.717, 1.165) is 48.0 Å². The van der Waals surface area contributed by atoms with Gasteiger partial charge in [0, 0.05) is 54.2 Å². The van der Waals surface area contributed by atoms with Gasteiger partial charge in [-0.15, -0.1) is 0 Å². The molecule has 0 bridgehead atoms. The first kappa shape index (κ1) is 21.8. The topological polar surface area (TPSA) is 64.4 Å². The summed E-state index contributed by atoms with van der Waals surface area (Å²) in [7, 11) is 0. The zero-order valence-corrected chi connectivity index (χ0v) is 18.5. The molecular weight excluding hydrogens is 409 g/mol. The summed E-state index contributed by atoms with van der Waals surface area (Å²) in [5, 5.41) is 1.09. The Morgan fingerprint density at radius 3 is 2.52 bits per heavy atom. The van der Waals surface area contributed by atoms with Crippen LogP contribution in [-0.4, -0.2) is 45.5 Å². The van der Waals surface area contributed by atoms with Gasteiger partial charge in [0.25, 0.3) is 0 Å². The minimum Gasteiger partial charge on any atom is -0.444 e. The average Bonchev–Trinajstić information content (AvgIpc) is 3.40. The number of pyridine rings is 1. The van der Waals surface area contributed by atoms with E-state index >= 15 is 0 Å². The molecule has 1 radical (unpaired) electrons. The van der Waals surface area contributed by atoms with Crippen LogP contribution < -0.4 is 0 Å². The molecule has 1 amide bonds. The standard InChI is InChI=1S/C22H29N3O3.Mn/c1-22(2,3)28-21(27)24-10-7-16(8-11-24)19-20-17(6-9-23-19)12-18(14-26)25(20)13-15-4-5-15;/h6,9,12,14-16H,4-5,7-8,10-11,13H2,1-3H3;. The summed E-state index contributed by atoms with van der Waals surface area (Å²) in [6.07, 6.45) is 6.75. The molecule has 6 nitrogen and oxygen atoms in total. The van der Waals surface area contributed by atoms with Crippen molar-refractivity contribution in [3.8, 4) is 0 Å². The normalized spacial score (nSPS) is 17.8. The monoisotopic (exact) mass is 438 g/mol. The summed E-state index contributed by atoms with van der Waals surface area (Å²) in [4.78, 5) is 30.5. The Morgan fingerprint density at radius 2 is 1.93 bits per heavy atom. The fourth-order valence-electron chi connectivity index (χ4n) is 4.08. The predicted molar refractivity (Wildman–Crippen MR) is 108 cm³/mol. The van der Waals surface area contributed by atoms with Crippen molar-refractivity contribution in [3.63, 3.8) is 0 Å². The number of nitrogens with zero attached hydrogens (tertiary/aromatic N) is 3. The fourth-order valence-corrected chi connectivity index (χ4v) is 4.08. The van der Waals surface area contributed by atoms with E-state index in [4.69, 9.17) is 9.72 Å². The average molecular weight is 438 g/mol. The molecule has 2 fully saturated rings. The first-order valence-corrected chi connectivity index (χ1v) is 10.3. The summed E-state index contributed by atoms with van der Waals surface area (Å²) >= 11 is 0. The molecule has 1 aliphatic carbocycles. The number of ether oxygens (including phenoxy) is 1. The minimum absolute atomic E-state index is 0. The van der Waals surface area contributed by atoms with Crippen LogP contribution in [0.4, 0.5) is 4.79 Å². The van der Waals surface area contributed by atoms with Crippen LogP contribution in [0.2, 0.25) is 0 Å². The molecular formula is C22H29MnN3O3. The number of carbonyl (C=O) groups excluding carboxylic acids is 2. The summed E-state index contributed by atoms with van der Waals surface area (Å²) in [5.41, 5.74) is 2.43. The molecule has 0 aromatic carbocycles. The third kappa shape index (κ3) is 4.84. The van der Waals surface area contributed by atoms with Crippen LogP contribution in [-0.2, 0) is 28.4 Å². The number of piperidine rings is 1. The van der Waals surface area contributed by atoms with Crippen LogP contribution >= 0.6 is 0 Å². The maximum Gasteiger partial charge on any atom is 0.410 e. The molecule has 0 unspecified atom stereocenters. The number of rotatable bonds is 4. The number of amides is 1. The molecule has 1 aliphatic heterocycles. The Labute approximate surface area is 182 Å². The summed E-state index contributed by atoms with van der Waals surface area (Å²) in [5.74, 6) is 0.964. The number of hydrogen-bond donors (Lipinski definition) is 0. The molecule has 29 heavy (non-hydrogen) atoms. The van der Waals surface area contributed by atoms with Crippen LogP contribution in [0.3, 0.4) is 0 Å². The quantitative estimate of drug-likeness (QED) is 0.525. The number of likely N-dealkylation sites (tertiary alicyclic amines) is 1. The van der Waals surface area contributed by atoms with Gasteiger partial charge >= 0.3 is 6.09 Å². The Morgan fingerprint density at radius 1 is 1.24 bits per heavy atom. The molecule has 7 heteroatoms. The largest absolute Gasteiger partial charge is 0.444 e. The van der Waals surface area contributed by atoms with Gasteiger partial charge in [0.05, 0.1) is 16.9 Å². The maximum absolute atomic E-state index is 12.3. The SMILES string of the molecule is CC(C)(C)OC(=O)N1CCC(c2nccc3cc(C=O)n(CC4CC4)c23)CC1.[Mn]. The van der Waals surface area contributed by atoms with Crippen molar-refractivity contribution in [1.82, 2.24) is 14.5 Å². The van der Waals surface area contributed by atoms with Crippen molar-refractivity contribution in [2.75, 3.05) is 13.1 Å². The van der Waals surface area contributed by atoms with E-state index in [1.807, 2.05) is 39.1 Å². The third-order valence-electron chi connectivity index (χ3n) is 5.66. The molecule has 0 atom stereocenters. The van der Waals surface area contributed by atoms with Gasteiger partial charge in [-0.2, -0.15) is 0 Å². The van der Waals surface area contributed by atoms with Gasteiger partial charge < -0.3 is 14.2 Å². The minimum atomic E-state index is -0.476. The predicted octanol–water partition coefficient (Wildman–Crippen LogP) is 4.37. The van der Waals surface area contributed by atoms with E-state index in [-0.39, 0.29) is 29.1 Å². The van der Waals surface area contributed by atoms with Crippen molar-refractivity contribution in [3.05, 3.63) is 29.7 Å². The van der Waals surface area contributed by atoms with E-state index < -0.39 is 5.60 Å². The van der Waals surface area contributed by atoms with Crippen molar-refractivity contribution in [2.45, 2.75) is 64.5 Å². The Kier molecular flexibility index (Phi) is 6.39. The van der Waals surface area contributed by atoms with Gasteiger partial charge in [-0.05, 0) is 64.5 Å². The van der Waals surface area contributed by atoms with E-state index in [9.17, 15) is 9.59 Å². The molecule has 0 spiro atoms. The van der Waals surface area contributed by atoms with Gasteiger partial charge in [0.2, 0.25) is 0 Å². The number of aromatic nitrogens is 2. The number of hydrogen-bond acceptors (Lipinski definition) is 4. The zero-order chi connectivity index (χ0) is 19.9. The molecule has 2 aliphatic rings. The number of aldehydes is 1. The maximum atomic E-state index is 12.3. The van der Waals surface area contributed by atoms with Crippen LogP contribution in [0.25, 0.3) is 10.9 Å². The Hall–Kier alpha value is -1.85. The summed E-state index contributed by atoms with van der Waals surface area (Å²) < 4.78 is 7.67. The van der Waals surface area contributed by atoms with Gasteiger partial charge in [0.1, 0.15) is 5.60 Å². The molecule has 2 aromatic heterocycles. The van der Waals surface area contributed by atoms with Crippen LogP contribution in [0, 0.1) is 5.92 Å². The molecule has 1 saturated heterocycles. The summed E-state index contributed by atoms with van der Waals surface area (Å²) in [6, 6.07) is 3.97. The smallest absolute Gasteiger partial charge is 0.410 e. The van der Waals surface area contributed by atoms with Crippen molar-refractivity contribution in [1.29, 1.82) is 0 Å². The first-order valence-electron chi connectivity index (χ1n) is 10.3. The fraction of sp³-hybridized carbons (Fsp3) is 0.591. The van der Waals surface area contributed by atoms with E-state index in [2.05, 4.69) is 4.57 Å². The van der Waals surface area contributed by atoms with Crippen molar-refractivity contribution < 1.29 is 31.4 Å². The molecule has 1 saturated carbocycles. The third-order valence-corrected chi connectivity index (χ3v) is 5.66. The van der Waals surface area contributed by atoms with Gasteiger partial charge in [-0.3, -0.25) is 9.78 Å². The van der Waals surface area contributed by atoms with Gasteiger partial charge in [-0.25, -0.2) is 4.79 Å². The van der Waals surface area contributed by atoms with Crippen LogP contribution in [0.15, 0.2) is 18.3 Å². The van der Waals surface area contributed by atoms with E-state index in [1.54, 1.807) is 4.90 Å². The molecule has 3 heterocycles. The van der Waals surface area contributed by atoms with E-state index in [0.29, 0.717) is 19.0 Å². The second-order valence-electron chi connectivity index (χ2n) is 9.12. The second-order valence-corrected chi connectivity index (χ2v) is 9.12. The molecule has 157 valence electrons. The first-order chi connectivity index (χ1) is 13.4. The van der Waals surface area contributed by atoms with E-state index in [1.165, 1.54) is 12.8 Å². The van der Waals surface area contributed by atoms with Crippen molar-refractivity contribution >= 4 is 23.3 Å². The van der Waals surface area contributed by atoms with Gasteiger partial charge in [0.15, 0.2) is 6.29 Å². The number of fused-ring (bicyclic) bond motifs is 1. The Balaban J connectivity index is 0.00000240. The summed E-state index contributed by atoms with van der Waals surface area (Å²) in [6.45, 7) is 7.90. The molecule has 4 rings (SSSR count). The van der Waals surface area contributed by atoms with Crippen LogP contribution in [0.5, 0.6) is 0 Å². The zero-order valence-electron chi connectivity index (χ0n) is 17.4. The number of carbonyl (C=O) groups is 2. The van der Waals surface area contributed by atoms with Crippen LogP contribution in [0.1, 0.15) is 68.6 Å². The Bertz CT molecular complexity index is 891.